The molecule has 0 aliphatic rings. The molecule has 0 radical (unpaired) electrons. The van der Waals surface area contributed by atoms with Gasteiger partial charge in [0, 0.05) is 17.6 Å². The third kappa shape index (κ3) is 3.37. The van der Waals surface area contributed by atoms with E-state index in [1.807, 2.05) is 0 Å². The molecule has 2 rings (SSSR count). The van der Waals surface area contributed by atoms with Gasteiger partial charge in [0.1, 0.15) is 17.3 Å². The molecular formula is C10H7F3N4O3S. The highest BCUT2D eigenvalue weighted by molar-refractivity contribution is 7.09. The number of hydrogen-bond donors (Lipinski definition) is 1. The average molecular weight is 320 g/mol. The molecule has 0 saturated heterocycles. The molecule has 2 aromatic rings. The maximum Gasteiger partial charge on any atom is 0.416 e. The Morgan fingerprint density at radius 3 is 2.67 bits per heavy atom. The number of nitrogens with zero attached hydrogens (tertiary/aromatic N) is 3. The van der Waals surface area contributed by atoms with Crippen LogP contribution in [0.25, 0.3) is 0 Å². The van der Waals surface area contributed by atoms with Crippen molar-refractivity contribution < 1.29 is 22.8 Å². The summed E-state index contributed by atoms with van der Waals surface area (Å²) in [7, 11) is 0. The maximum absolute atomic E-state index is 12.5. The Morgan fingerprint density at radius 1 is 1.43 bits per heavy atom. The van der Waals surface area contributed by atoms with Gasteiger partial charge < -0.3 is 10.5 Å². The van der Waals surface area contributed by atoms with E-state index in [1.165, 1.54) is 0 Å². The molecule has 7 nitrogen and oxygen atoms in total. The molecule has 0 fully saturated rings. The van der Waals surface area contributed by atoms with Gasteiger partial charge in [-0.25, -0.2) is 0 Å². The van der Waals surface area contributed by atoms with E-state index in [4.69, 9.17) is 10.5 Å². The Balaban J connectivity index is 2.27. The number of anilines is 1. The summed E-state index contributed by atoms with van der Waals surface area (Å²) in [6.07, 6.45) is -4.67. The van der Waals surface area contributed by atoms with Crippen molar-refractivity contribution in [2.75, 3.05) is 5.73 Å². The van der Waals surface area contributed by atoms with Crippen LogP contribution in [0.3, 0.4) is 0 Å². The lowest BCUT2D eigenvalue weighted by Gasteiger charge is -2.09. The van der Waals surface area contributed by atoms with E-state index in [0.29, 0.717) is 12.1 Å². The second-order valence-electron chi connectivity index (χ2n) is 3.81. The van der Waals surface area contributed by atoms with Gasteiger partial charge in [-0.3, -0.25) is 10.1 Å². The lowest BCUT2D eigenvalue weighted by molar-refractivity contribution is -0.386. The first-order chi connectivity index (χ1) is 9.79. The fraction of sp³-hybridized carbons (Fsp3) is 0.200. The number of nitro groups is 1. The summed E-state index contributed by atoms with van der Waals surface area (Å²) < 4.78 is 46.2. The largest absolute Gasteiger partial charge is 0.480 e. The van der Waals surface area contributed by atoms with Crippen molar-refractivity contribution in [2.24, 2.45) is 0 Å². The summed E-state index contributed by atoms with van der Waals surface area (Å²) in [5.41, 5.74) is 3.86. The number of rotatable bonds is 4. The summed E-state index contributed by atoms with van der Waals surface area (Å²) in [6.45, 7) is -0.228. The van der Waals surface area contributed by atoms with E-state index < -0.39 is 22.4 Å². The average Bonchev–Trinajstić information content (AvgIpc) is 2.80. The van der Waals surface area contributed by atoms with Crippen LogP contribution in [-0.4, -0.2) is 14.5 Å². The number of hydrogen-bond acceptors (Lipinski definition) is 7. The molecule has 1 aromatic carbocycles. The highest BCUT2D eigenvalue weighted by Crippen LogP contribution is 2.36. The van der Waals surface area contributed by atoms with Crippen LogP contribution in [0.4, 0.5) is 23.9 Å². The van der Waals surface area contributed by atoms with E-state index in [1.54, 1.807) is 0 Å². The highest BCUT2D eigenvalue weighted by Gasteiger charge is 2.33. The van der Waals surface area contributed by atoms with Gasteiger partial charge in [-0.1, -0.05) is 4.49 Å². The Hall–Kier alpha value is -2.43. The van der Waals surface area contributed by atoms with Crippen molar-refractivity contribution in [1.29, 1.82) is 0 Å². The zero-order chi connectivity index (χ0) is 15.6. The van der Waals surface area contributed by atoms with Gasteiger partial charge >= 0.3 is 11.9 Å². The normalized spacial score (nSPS) is 11.4. The summed E-state index contributed by atoms with van der Waals surface area (Å²) in [4.78, 5) is 9.89. The molecule has 0 aliphatic carbocycles. The van der Waals surface area contributed by atoms with Gasteiger partial charge in [0.25, 0.3) is 0 Å². The van der Waals surface area contributed by atoms with E-state index in [2.05, 4.69) is 9.59 Å². The van der Waals surface area contributed by atoms with Gasteiger partial charge in [0.05, 0.1) is 10.5 Å². The molecule has 1 heterocycles. The fourth-order valence-electron chi connectivity index (χ4n) is 1.42. The monoisotopic (exact) mass is 320 g/mol. The number of alkyl halides is 3. The minimum atomic E-state index is -4.67. The SMILES string of the molecule is Nc1snnc1COc1ccc(C(F)(F)F)cc1[N+](=O)[O-]. The predicted octanol–water partition coefficient (Wildman–Crippen LogP) is 2.63. The summed E-state index contributed by atoms with van der Waals surface area (Å²) in [5.74, 6) is -0.305. The maximum atomic E-state index is 12.5. The smallest absolute Gasteiger partial charge is 0.416 e. The van der Waals surface area contributed by atoms with Crippen molar-refractivity contribution in [3.05, 3.63) is 39.6 Å². The molecule has 0 aliphatic heterocycles. The van der Waals surface area contributed by atoms with Crippen molar-refractivity contribution in [3.63, 3.8) is 0 Å². The van der Waals surface area contributed by atoms with E-state index in [9.17, 15) is 23.3 Å². The minimum absolute atomic E-state index is 0.228. The summed E-state index contributed by atoms with van der Waals surface area (Å²) >= 11 is 0.910. The topological polar surface area (TPSA) is 104 Å². The molecule has 0 atom stereocenters. The van der Waals surface area contributed by atoms with Crippen LogP contribution in [-0.2, 0) is 12.8 Å². The Bertz CT molecular complexity index is 674. The van der Waals surface area contributed by atoms with Gasteiger partial charge in [-0.15, -0.1) is 5.10 Å². The van der Waals surface area contributed by atoms with Crippen LogP contribution in [0.5, 0.6) is 5.75 Å². The molecular weight excluding hydrogens is 313 g/mol. The van der Waals surface area contributed by atoms with Crippen LogP contribution in [0.2, 0.25) is 0 Å². The molecule has 21 heavy (non-hydrogen) atoms. The van der Waals surface area contributed by atoms with Crippen molar-refractivity contribution in [1.82, 2.24) is 9.59 Å². The number of nitrogen functional groups attached to an aromatic ring is 1. The molecule has 0 unspecified atom stereocenters. The second-order valence-corrected chi connectivity index (χ2v) is 4.60. The molecule has 0 bridgehead atoms. The zero-order valence-corrected chi connectivity index (χ0v) is 10.9. The zero-order valence-electron chi connectivity index (χ0n) is 10.1. The molecule has 0 amide bonds. The first-order valence-corrected chi connectivity index (χ1v) is 6.11. The standard InChI is InChI=1S/C10H7F3N4O3S/c11-10(12,13)5-1-2-8(7(3-5)17(18)19)20-4-6-9(14)21-16-15-6/h1-3H,4,14H2. The van der Waals surface area contributed by atoms with Gasteiger partial charge in [-0.2, -0.15) is 13.2 Å². The predicted molar refractivity (Wildman–Crippen MR) is 66.8 cm³/mol. The second kappa shape index (κ2) is 5.52. The van der Waals surface area contributed by atoms with Gasteiger partial charge in [0.15, 0.2) is 5.75 Å². The lowest BCUT2D eigenvalue weighted by Crippen LogP contribution is -2.07. The number of benzene rings is 1. The number of halogens is 3. The highest BCUT2D eigenvalue weighted by atomic mass is 32.1. The van der Waals surface area contributed by atoms with E-state index in [-0.39, 0.29) is 23.1 Å². The summed E-state index contributed by atoms with van der Waals surface area (Å²) in [5, 5.41) is 14.7. The molecule has 11 heteroatoms. The van der Waals surface area contributed by atoms with Crippen LogP contribution in [0, 0.1) is 10.1 Å². The lowest BCUT2D eigenvalue weighted by atomic mass is 10.2. The van der Waals surface area contributed by atoms with Crippen molar-refractivity contribution in [2.45, 2.75) is 12.8 Å². The molecule has 0 saturated carbocycles. The van der Waals surface area contributed by atoms with Crippen LogP contribution < -0.4 is 10.5 Å². The third-order valence-electron chi connectivity index (χ3n) is 2.43. The minimum Gasteiger partial charge on any atom is -0.480 e. The number of nitro benzene ring substituents is 1. The Morgan fingerprint density at radius 2 is 2.14 bits per heavy atom. The van der Waals surface area contributed by atoms with E-state index in [0.717, 1.165) is 17.6 Å². The molecule has 112 valence electrons. The van der Waals surface area contributed by atoms with Crippen LogP contribution >= 0.6 is 11.5 Å². The number of ether oxygens (including phenoxy) is 1. The molecule has 0 spiro atoms. The third-order valence-corrected chi connectivity index (χ3v) is 3.03. The quantitative estimate of drug-likeness (QED) is 0.686. The van der Waals surface area contributed by atoms with Crippen molar-refractivity contribution >= 4 is 22.2 Å². The number of aromatic nitrogens is 2. The molecule has 1 aromatic heterocycles. The Labute approximate surface area is 119 Å². The van der Waals surface area contributed by atoms with Gasteiger partial charge in [0.2, 0.25) is 0 Å². The number of nitrogens with two attached hydrogens (primary N) is 1. The van der Waals surface area contributed by atoms with Gasteiger partial charge in [-0.05, 0) is 12.1 Å². The first kappa shape index (κ1) is 15.0. The van der Waals surface area contributed by atoms with Crippen LogP contribution in [0.1, 0.15) is 11.3 Å². The summed E-state index contributed by atoms with van der Waals surface area (Å²) in [6, 6.07) is 2.00. The molecule has 2 N–H and O–H groups in total. The van der Waals surface area contributed by atoms with Crippen LogP contribution in [0.15, 0.2) is 18.2 Å². The van der Waals surface area contributed by atoms with Crippen molar-refractivity contribution in [3.8, 4) is 5.75 Å². The van der Waals surface area contributed by atoms with E-state index >= 15 is 0 Å². The Kier molecular flexibility index (Phi) is 3.93. The first-order valence-electron chi connectivity index (χ1n) is 5.34. The fourth-order valence-corrected chi connectivity index (χ4v) is 1.85.